The van der Waals surface area contributed by atoms with E-state index in [2.05, 4.69) is 10.5 Å². The van der Waals surface area contributed by atoms with E-state index in [-0.39, 0.29) is 5.17 Å². The predicted octanol–water partition coefficient (Wildman–Crippen LogP) is 2.61. The molecule has 1 aliphatic rings. The summed E-state index contributed by atoms with van der Waals surface area (Å²) < 4.78 is 0. The molecule has 1 heterocycles. The number of hydrazone groups is 1. The maximum Gasteiger partial charge on any atom is 0.156 e. The summed E-state index contributed by atoms with van der Waals surface area (Å²) in [5.41, 5.74) is 3.89. The van der Waals surface area contributed by atoms with Crippen molar-refractivity contribution in [1.29, 1.82) is 0 Å². The summed E-state index contributed by atoms with van der Waals surface area (Å²) in [7, 11) is 0. The Balaban J connectivity index is 1.78. The van der Waals surface area contributed by atoms with Crippen LogP contribution in [0, 0.1) is 0 Å². The van der Waals surface area contributed by atoms with Crippen LogP contribution in [-0.2, 0) is 11.3 Å². The molecular formula is C11H11Cl2N3O. The van der Waals surface area contributed by atoms with Crippen LogP contribution in [0.5, 0.6) is 0 Å². The van der Waals surface area contributed by atoms with Crippen molar-refractivity contribution in [2.45, 2.75) is 6.42 Å². The number of nitrogens with one attached hydrogen (secondary N) is 1. The van der Waals surface area contributed by atoms with Gasteiger partial charge in [0.05, 0.1) is 6.61 Å². The lowest BCUT2D eigenvalue weighted by Gasteiger charge is -2.21. The number of hydrogen-bond acceptors (Lipinski definition) is 4. The normalized spacial score (nSPS) is 15.1. The van der Waals surface area contributed by atoms with Crippen molar-refractivity contribution < 1.29 is 4.84 Å². The number of hydrazine groups is 1. The summed E-state index contributed by atoms with van der Waals surface area (Å²) in [5.74, 6) is 0. The number of hydrogen-bond donors (Lipinski definition) is 1. The number of rotatable bonds is 4. The largest absolute Gasteiger partial charge is 0.246 e. The molecule has 1 aromatic rings. The molecule has 2 rings (SSSR count). The second kappa shape index (κ2) is 5.91. The predicted molar refractivity (Wildman–Crippen MR) is 68.3 cm³/mol. The molecule has 90 valence electrons. The van der Waals surface area contributed by atoms with E-state index in [1.807, 2.05) is 30.3 Å². The van der Waals surface area contributed by atoms with Gasteiger partial charge in [0.15, 0.2) is 5.17 Å². The van der Waals surface area contributed by atoms with E-state index >= 15 is 0 Å². The molecule has 0 bridgehead atoms. The van der Waals surface area contributed by atoms with Crippen molar-refractivity contribution in [2.75, 3.05) is 6.61 Å². The fraction of sp³-hybridized carbons (Fsp3) is 0.182. The molecule has 0 spiro atoms. The first kappa shape index (κ1) is 12.2. The van der Waals surface area contributed by atoms with Gasteiger partial charge in [-0.15, -0.1) is 5.10 Å². The lowest BCUT2D eigenvalue weighted by molar-refractivity contribution is -0.187. The molecular weight excluding hydrogens is 261 g/mol. The fourth-order valence-electron chi connectivity index (χ4n) is 1.32. The molecule has 1 N–H and O–H groups in total. The molecule has 0 aromatic heterocycles. The van der Waals surface area contributed by atoms with Gasteiger partial charge in [0.25, 0.3) is 0 Å². The maximum absolute atomic E-state index is 5.77. The van der Waals surface area contributed by atoms with Gasteiger partial charge in [0.1, 0.15) is 5.16 Å². The summed E-state index contributed by atoms with van der Waals surface area (Å²) in [6.45, 7) is 0.481. The number of nitrogens with zero attached hydrogens (tertiary/aromatic N) is 2. The van der Waals surface area contributed by atoms with E-state index in [1.165, 1.54) is 11.6 Å². The minimum absolute atomic E-state index is 0.272. The lowest BCUT2D eigenvalue weighted by Crippen LogP contribution is -2.35. The molecule has 4 nitrogen and oxygen atoms in total. The van der Waals surface area contributed by atoms with Gasteiger partial charge in [0, 0.05) is 6.08 Å². The van der Waals surface area contributed by atoms with Crippen molar-refractivity contribution in [2.24, 2.45) is 5.10 Å². The first-order chi connectivity index (χ1) is 8.24. The van der Waals surface area contributed by atoms with Gasteiger partial charge in [0.2, 0.25) is 0 Å². The number of allylic oxidation sites excluding steroid dienone is 1. The zero-order valence-electron chi connectivity index (χ0n) is 8.94. The Morgan fingerprint density at radius 3 is 2.71 bits per heavy atom. The molecule has 0 atom stereocenters. The molecule has 0 saturated carbocycles. The summed E-state index contributed by atoms with van der Waals surface area (Å²) in [6.07, 6.45) is 2.29. The van der Waals surface area contributed by atoms with Crippen molar-refractivity contribution in [1.82, 2.24) is 10.7 Å². The zero-order valence-corrected chi connectivity index (χ0v) is 10.4. The number of halogens is 2. The van der Waals surface area contributed by atoms with Crippen LogP contribution in [0.2, 0.25) is 0 Å². The van der Waals surface area contributed by atoms with E-state index < -0.39 is 0 Å². The average Bonchev–Trinajstić information content (AvgIpc) is 2.29. The quantitative estimate of drug-likeness (QED) is 0.856. The van der Waals surface area contributed by atoms with Crippen LogP contribution in [0.25, 0.3) is 0 Å². The third-order valence-electron chi connectivity index (χ3n) is 2.08. The standard InChI is InChI=1S/C11H11Cl2N3O/c12-10-8-11(13)15-16(14-10)17-7-6-9-4-2-1-3-5-9/h1-5,8,14H,6-7H2. The summed E-state index contributed by atoms with van der Waals surface area (Å²) >= 11 is 11.5. The highest BCUT2D eigenvalue weighted by Crippen LogP contribution is 2.09. The van der Waals surface area contributed by atoms with Crippen molar-refractivity contribution in [3.8, 4) is 0 Å². The van der Waals surface area contributed by atoms with E-state index in [0.717, 1.165) is 11.7 Å². The molecule has 0 aliphatic carbocycles. The van der Waals surface area contributed by atoms with Crippen LogP contribution in [0.1, 0.15) is 5.56 Å². The topological polar surface area (TPSA) is 36.9 Å². The Kier molecular flexibility index (Phi) is 4.25. The summed E-state index contributed by atoms with van der Waals surface area (Å²) in [5, 5.41) is 5.68. The molecule has 0 fully saturated rings. The third-order valence-corrected chi connectivity index (χ3v) is 2.46. The van der Waals surface area contributed by atoms with Crippen LogP contribution in [0.4, 0.5) is 0 Å². The van der Waals surface area contributed by atoms with E-state index in [0.29, 0.717) is 11.8 Å². The Hall–Kier alpha value is -1.23. The molecule has 6 heteroatoms. The minimum atomic E-state index is 0.272. The first-order valence-corrected chi connectivity index (χ1v) is 5.84. The second-order valence-corrected chi connectivity index (χ2v) is 4.16. The van der Waals surface area contributed by atoms with Gasteiger partial charge in [-0.2, -0.15) is 0 Å². The maximum atomic E-state index is 5.77. The SMILES string of the molecule is ClC1=CC(Cl)=NN(OCCc2ccccc2)N1. The Labute approximate surface area is 109 Å². The fourth-order valence-corrected chi connectivity index (χ4v) is 1.73. The van der Waals surface area contributed by atoms with Gasteiger partial charge >= 0.3 is 0 Å². The van der Waals surface area contributed by atoms with Gasteiger partial charge in [-0.3, -0.25) is 0 Å². The van der Waals surface area contributed by atoms with E-state index in [1.54, 1.807) is 0 Å². The highest BCUT2D eigenvalue weighted by Gasteiger charge is 2.10. The van der Waals surface area contributed by atoms with Crippen molar-refractivity contribution in [3.05, 3.63) is 47.1 Å². The monoisotopic (exact) mass is 271 g/mol. The smallest absolute Gasteiger partial charge is 0.156 e. The Morgan fingerprint density at radius 2 is 2.00 bits per heavy atom. The van der Waals surface area contributed by atoms with Crippen molar-refractivity contribution in [3.63, 3.8) is 0 Å². The highest BCUT2D eigenvalue weighted by atomic mass is 35.5. The minimum Gasteiger partial charge on any atom is -0.246 e. The van der Waals surface area contributed by atoms with E-state index in [4.69, 9.17) is 28.0 Å². The number of benzene rings is 1. The van der Waals surface area contributed by atoms with Gasteiger partial charge in [-0.1, -0.05) is 58.8 Å². The van der Waals surface area contributed by atoms with Gasteiger partial charge < -0.3 is 0 Å². The highest BCUT2D eigenvalue weighted by molar-refractivity contribution is 6.69. The summed E-state index contributed by atoms with van der Waals surface area (Å²) in [4.78, 5) is 5.35. The molecule has 0 amide bonds. The second-order valence-electron chi connectivity index (χ2n) is 3.37. The van der Waals surface area contributed by atoms with Crippen LogP contribution >= 0.6 is 23.2 Å². The first-order valence-electron chi connectivity index (χ1n) is 5.09. The van der Waals surface area contributed by atoms with Gasteiger partial charge in [-0.05, 0) is 12.0 Å². The van der Waals surface area contributed by atoms with Crippen LogP contribution < -0.4 is 5.43 Å². The van der Waals surface area contributed by atoms with Crippen LogP contribution in [0.15, 0.2) is 46.7 Å². The van der Waals surface area contributed by atoms with Gasteiger partial charge in [-0.25, -0.2) is 10.3 Å². The van der Waals surface area contributed by atoms with Crippen LogP contribution in [0.3, 0.4) is 0 Å². The molecule has 17 heavy (non-hydrogen) atoms. The molecule has 0 radical (unpaired) electrons. The Bertz CT molecular complexity index is 434. The third kappa shape index (κ3) is 3.93. The molecule has 0 unspecified atom stereocenters. The average molecular weight is 272 g/mol. The van der Waals surface area contributed by atoms with E-state index in [9.17, 15) is 0 Å². The molecule has 1 aliphatic heterocycles. The summed E-state index contributed by atoms with van der Waals surface area (Å²) in [6, 6.07) is 10.0. The van der Waals surface area contributed by atoms with Crippen LogP contribution in [-0.4, -0.2) is 17.1 Å². The Morgan fingerprint density at radius 1 is 1.24 bits per heavy atom. The zero-order chi connectivity index (χ0) is 12.1. The molecule has 1 aromatic carbocycles. The van der Waals surface area contributed by atoms with Crippen molar-refractivity contribution >= 4 is 28.4 Å². The lowest BCUT2D eigenvalue weighted by atomic mass is 10.2. The molecule has 0 saturated heterocycles.